The van der Waals surface area contributed by atoms with E-state index >= 15 is 0 Å². The first-order valence-corrected chi connectivity index (χ1v) is 10.0. The minimum Gasteiger partial charge on any atom is -0.492 e. The normalized spacial score (nSPS) is 11.2. The Balaban J connectivity index is 0.00000392. The Bertz CT molecular complexity index is 683. The van der Waals surface area contributed by atoms with Gasteiger partial charge in [0.05, 0.1) is 6.61 Å². The molecule has 0 bridgehead atoms. The molecule has 0 radical (unpaired) electrons. The molecular formula is C20H31IN4O2S. The van der Waals surface area contributed by atoms with Crippen LogP contribution in [0.4, 0.5) is 0 Å². The van der Waals surface area contributed by atoms with Crippen LogP contribution in [0, 0.1) is 0 Å². The maximum atomic E-state index is 5.87. The average Bonchev–Trinajstić information content (AvgIpc) is 3.20. The third-order valence-electron chi connectivity index (χ3n) is 4.04. The fraction of sp³-hybridized carbons (Fsp3) is 0.450. The predicted molar refractivity (Wildman–Crippen MR) is 128 cm³/mol. The van der Waals surface area contributed by atoms with Gasteiger partial charge in [-0.2, -0.15) is 11.3 Å². The molecule has 0 atom stereocenters. The number of nitrogens with one attached hydrogen (secondary N) is 2. The minimum atomic E-state index is 0. The van der Waals surface area contributed by atoms with E-state index in [1.807, 2.05) is 12.1 Å². The summed E-state index contributed by atoms with van der Waals surface area (Å²) in [6.07, 6.45) is 0. The maximum Gasteiger partial charge on any atom is 0.191 e. The van der Waals surface area contributed by atoms with Gasteiger partial charge in [-0.15, -0.1) is 24.0 Å². The van der Waals surface area contributed by atoms with Crippen LogP contribution in [0.15, 0.2) is 46.1 Å². The van der Waals surface area contributed by atoms with Crippen LogP contribution in [-0.2, 0) is 17.8 Å². The van der Waals surface area contributed by atoms with Gasteiger partial charge in [0, 0.05) is 40.3 Å². The molecular weight excluding hydrogens is 487 g/mol. The number of halogens is 1. The van der Waals surface area contributed by atoms with Gasteiger partial charge in [-0.3, -0.25) is 4.99 Å². The van der Waals surface area contributed by atoms with E-state index in [-0.39, 0.29) is 24.0 Å². The Kier molecular flexibility index (Phi) is 12.9. The van der Waals surface area contributed by atoms with E-state index in [2.05, 4.69) is 56.5 Å². The van der Waals surface area contributed by atoms with Crippen molar-refractivity contribution in [2.24, 2.45) is 4.99 Å². The number of likely N-dealkylation sites (N-methyl/N-ethyl adjacent to an activating group) is 1. The maximum absolute atomic E-state index is 5.87. The van der Waals surface area contributed by atoms with Crippen molar-refractivity contribution >= 4 is 41.3 Å². The smallest absolute Gasteiger partial charge is 0.191 e. The van der Waals surface area contributed by atoms with Crippen LogP contribution in [0.3, 0.4) is 0 Å². The predicted octanol–water partition coefficient (Wildman–Crippen LogP) is 3.19. The van der Waals surface area contributed by atoms with Crippen molar-refractivity contribution in [1.82, 2.24) is 15.5 Å². The second-order valence-corrected chi connectivity index (χ2v) is 6.98. The van der Waals surface area contributed by atoms with Crippen molar-refractivity contribution in [3.63, 3.8) is 0 Å². The first-order chi connectivity index (χ1) is 13.2. The number of nitrogens with zero attached hydrogens (tertiary/aromatic N) is 2. The molecule has 8 heteroatoms. The van der Waals surface area contributed by atoms with Crippen molar-refractivity contribution < 1.29 is 9.47 Å². The quantitative estimate of drug-likeness (QED) is 0.272. The Labute approximate surface area is 189 Å². The van der Waals surface area contributed by atoms with E-state index in [0.29, 0.717) is 13.2 Å². The molecule has 156 valence electrons. The SMILES string of the molecule is CN=C(NCc1ccsc1)NCc1cccc(OCCN(C)CCOC)c1.I. The highest BCUT2D eigenvalue weighted by Crippen LogP contribution is 2.13. The van der Waals surface area contributed by atoms with Crippen LogP contribution in [0.2, 0.25) is 0 Å². The lowest BCUT2D eigenvalue weighted by Crippen LogP contribution is -2.36. The molecule has 28 heavy (non-hydrogen) atoms. The van der Waals surface area contributed by atoms with Gasteiger partial charge in [-0.05, 0) is 47.1 Å². The van der Waals surface area contributed by atoms with Crippen molar-refractivity contribution in [3.05, 3.63) is 52.2 Å². The zero-order valence-corrected chi connectivity index (χ0v) is 20.0. The lowest BCUT2D eigenvalue weighted by Gasteiger charge is -2.16. The summed E-state index contributed by atoms with van der Waals surface area (Å²) >= 11 is 1.70. The third kappa shape index (κ3) is 9.72. The van der Waals surface area contributed by atoms with E-state index in [1.165, 1.54) is 5.56 Å². The van der Waals surface area contributed by atoms with Gasteiger partial charge >= 0.3 is 0 Å². The molecule has 0 amide bonds. The van der Waals surface area contributed by atoms with Crippen molar-refractivity contribution in [1.29, 1.82) is 0 Å². The summed E-state index contributed by atoms with van der Waals surface area (Å²) in [5, 5.41) is 10.9. The van der Waals surface area contributed by atoms with Gasteiger partial charge < -0.3 is 25.0 Å². The molecule has 0 saturated heterocycles. The monoisotopic (exact) mass is 518 g/mol. The second kappa shape index (κ2) is 14.6. The third-order valence-corrected chi connectivity index (χ3v) is 4.77. The van der Waals surface area contributed by atoms with Crippen molar-refractivity contribution in [2.75, 3.05) is 47.5 Å². The molecule has 0 aliphatic heterocycles. The van der Waals surface area contributed by atoms with Crippen LogP contribution >= 0.6 is 35.3 Å². The number of thiophene rings is 1. The standard InChI is InChI=1S/C20H30N4O2S.HI/c1-21-20(23-15-18-7-12-27-16-18)22-14-17-5-4-6-19(13-17)26-11-9-24(2)8-10-25-3;/h4-7,12-13,16H,8-11,14-15H2,1-3H3,(H2,21,22,23);1H. The molecule has 0 unspecified atom stereocenters. The summed E-state index contributed by atoms with van der Waals surface area (Å²) in [5.74, 6) is 1.67. The van der Waals surface area contributed by atoms with E-state index in [1.54, 1.807) is 25.5 Å². The number of ether oxygens (including phenoxy) is 2. The molecule has 0 aliphatic carbocycles. The fourth-order valence-corrected chi connectivity index (χ4v) is 3.08. The Morgan fingerprint density at radius 1 is 1.11 bits per heavy atom. The molecule has 2 aromatic rings. The summed E-state index contributed by atoms with van der Waals surface area (Å²) in [4.78, 5) is 6.46. The zero-order chi connectivity index (χ0) is 19.3. The first kappa shape index (κ1) is 24.7. The summed E-state index contributed by atoms with van der Waals surface area (Å²) in [5.41, 5.74) is 2.41. The summed E-state index contributed by atoms with van der Waals surface area (Å²) in [6.45, 7) is 4.61. The highest BCUT2D eigenvalue weighted by Gasteiger charge is 2.02. The number of benzene rings is 1. The molecule has 0 aliphatic rings. The molecule has 1 heterocycles. The van der Waals surface area contributed by atoms with Crippen molar-refractivity contribution in [2.45, 2.75) is 13.1 Å². The van der Waals surface area contributed by atoms with Crippen molar-refractivity contribution in [3.8, 4) is 5.75 Å². The number of aliphatic imine (C=N–C) groups is 1. The van der Waals surface area contributed by atoms with Crippen LogP contribution < -0.4 is 15.4 Å². The topological polar surface area (TPSA) is 58.1 Å². The first-order valence-electron chi connectivity index (χ1n) is 9.06. The molecule has 0 saturated carbocycles. The van der Waals surface area contributed by atoms with Gasteiger partial charge in [-0.1, -0.05) is 12.1 Å². The van der Waals surface area contributed by atoms with E-state index in [0.717, 1.165) is 43.5 Å². The minimum absolute atomic E-state index is 0. The average molecular weight is 518 g/mol. The Hall–Kier alpha value is -1.36. The second-order valence-electron chi connectivity index (χ2n) is 6.20. The van der Waals surface area contributed by atoms with Crippen LogP contribution in [0.5, 0.6) is 5.75 Å². The van der Waals surface area contributed by atoms with Crippen LogP contribution in [0.25, 0.3) is 0 Å². The van der Waals surface area contributed by atoms with E-state index in [4.69, 9.17) is 9.47 Å². The molecule has 0 spiro atoms. The van der Waals surface area contributed by atoms with Gasteiger partial charge in [0.2, 0.25) is 0 Å². The number of guanidine groups is 1. The van der Waals surface area contributed by atoms with Gasteiger partial charge in [0.25, 0.3) is 0 Å². The molecule has 0 fully saturated rings. The van der Waals surface area contributed by atoms with E-state index in [9.17, 15) is 0 Å². The molecule has 2 N–H and O–H groups in total. The lowest BCUT2D eigenvalue weighted by molar-refractivity contribution is 0.150. The number of hydrogen-bond acceptors (Lipinski definition) is 5. The number of hydrogen-bond donors (Lipinski definition) is 2. The molecule has 1 aromatic carbocycles. The summed E-state index contributed by atoms with van der Waals surface area (Å²) in [6, 6.07) is 10.3. The van der Waals surface area contributed by atoms with Gasteiger partial charge in [-0.25, -0.2) is 0 Å². The lowest BCUT2D eigenvalue weighted by atomic mass is 10.2. The Morgan fingerprint density at radius 2 is 1.86 bits per heavy atom. The highest BCUT2D eigenvalue weighted by atomic mass is 127. The van der Waals surface area contributed by atoms with Gasteiger partial charge in [0.1, 0.15) is 12.4 Å². The molecule has 1 aromatic heterocycles. The van der Waals surface area contributed by atoms with E-state index < -0.39 is 0 Å². The van der Waals surface area contributed by atoms with Crippen LogP contribution in [-0.4, -0.2) is 58.4 Å². The summed E-state index contributed by atoms with van der Waals surface area (Å²) in [7, 11) is 5.57. The fourth-order valence-electron chi connectivity index (χ4n) is 2.41. The number of rotatable bonds is 11. The number of methoxy groups -OCH3 is 1. The Morgan fingerprint density at radius 3 is 2.54 bits per heavy atom. The van der Waals surface area contributed by atoms with Gasteiger partial charge in [0.15, 0.2) is 5.96 Å². The largest absolute Gasteiger partial charge is 0.492 e. The zero-order valence-electron chi connectivity index (χ0n) is 16.8. The van der Waals surface area contributed by atoms with Crippen LogP contribution in [0.1, 0.15) is 11.1 Å². The molecule has 6 nitrogen and oxygen atoms in total. The highest BCUT2D eigenvalue weighted by molar-refractivity contribution is 14.0. The summed E-state index contributed by atoms with van der Waals surface area (Å²) < 4.78 is 11.0. The molecule has 2 rings (SSSR count).